The predicted octanol–water partition coefficient (Wildman–Crippen LogP) is -0.117. The van der Waals surface area contributed by atoms with Crippen LogP contribution in [0.1, 0.15) is 39.0 Å². The SMILES string of the molecule is CC(=O)NC1CCN(CCN2[C@@H]3C[CH]C[C@@]2(C(N)=O)CC3)C1. The first kappa shape index (κ1) is 15.7. The van der Waals surface area contributed by atoms with Gasteiger partial charge in [0.05, 0.1) is 0 Å². The fourth-order valence-corrected chi connectivity index (χ4v) is 4.49. The summed E-state index contributed by atoms with van der Waals surface area (Å²) in [6.45, 7) is 5.34. The largest absolute Gasteiger partial charge is 0.368 e. The Kier molecular flexibility index (Phi) is 4.41. The molecule has 3 N–H and O–H groups in total. The van der Waals surface area contributed by atoms with E-state index in [-0.39, 0.29) is 17.9 Å². The highest BCUT2D eigenvalue weighted by atomic mass is 16.2. The minimum absolute atomic E-state index is 0.0455. The van der Waals surface area contributed by atoms with E-state index in [1.807, 2.05) is 0 Å². The first-order valence-electron chi connectivity index (χ1n) is 8.39. The first-order chi connectivity index (χ1) is 10.5. The summed E-state index contributed by atoms with van der Waals surface area (Å²) in [7, 11) is 0. The van der Waals surface area contributed by atoms with Gasteiger partial charge in [-0.25, -0.2) is 0 Å². The van der Waals surface area contributed by atoms with Gasteiger partial charge in [-0.05, 0) is 38.5 Å². The molecule has 2 amide bonds. The molecule has 0 saturated carbocycles. The Balaban J connectivity index is 1.55. The number of likely N-dealkylation sites (tertiary alicyclic amines) is 1. The summed E-state index contributed by atoms with van der Waals surface area (Å²) in [5.41, 5.74) is 5.30. The fourth-order valence-electron chi connectivity index (χ4n) is 4.49. The van der Waals surface area contributed by atoms with Crippen LogP contribution in [-0.2, 0) is 9.59 Å². The van der Waals surface area contributed by atoms with E-state index >= 15 is 0 Å². The topological polar surface area (TPSA) is 78.7 Å². The molecule has 3 atom stereocenters. The summed E-state index contributed by atoms with van der Waals surface area (Å²) in [6, 6.07) is 0.754. The molecule has 3 saturated heterocycles. The van der Waals surface area contributed by atoms with Gasteiger partial charge in [-0.2, -0.15) is 0 Å². The van der Waals surface area contributed by atoms with Crippen molar-refractivity contribution in [2.45, 2.75) is 56.7 Å². The third kappa shape index (κ3) is 2.86. The average molecular weight is 307 g/mol. The van der Waals surface area contributed by atoms with Crippen LogP contribution in [0, 0.1) is 6.42 Å². The number of hydrogen-bond acceptors (Lipinski definition) is 4. The number of nitrogens with zero attached hydrogens (tertiary/aromatic N) is 2. The van der Waals surface area contributed by atoms with Gasteiger partial charge in [-0.15, -0.1) is 0 Å². The van der Waals surface area contributed by atoms with Crippen LogP contribution in [0.2, 0.25) is 0 Å². The van der Waals surface area contributed by atoms with Gasteiger partial charge in [-0.1, -0.05) is 0 Å². The van der Waals surface area contributed by atoms with Gasteiger partial charge >= 0.3 is 0 Å². The lowest BCUT2D eigenvalue weighted by atomic mass is 9.87. The van der Waals surface area contributed by atoms with Crippen LogP contribution in [0.25, 0.3) is 0 Å². The summed E-state index contributed by atoms with van der Waals surface area (Å²) in [4.78, 5) is 27.9. The Morgan fingerprint density at radius 3 is 2.91 bits per heavy atom. The third-order valence-corrected chi connectivity index (χ3v) is 5.60. The van der Waals surface area contributed by atoms with E-state index < -0.39 is 5.54 Å². The van der Waals surface area contributed by atoms with Crippen LogP contribution >= 0.6 is 0 Å². The van der Waals surface area contributed by atoms with Crippen molar-refractivity contribution in [3.63, 3.8) is 0 Å². The first-order valence-corrected chi connectivity index (χ1v) is 8.39. The van der Waals surface area contributed by atoms with Crippen molar-refractivity contribution in [1.29, 1.82) is 0 Å². The molecule has 0 spiro atoms. The minimum atomic E-state index is -0.431. The van der Waals surface area contributed by atoms with Gasteiger partial charge in [-0.3, -0.25) is 19.4 Å². The number of fused-ring (bicyclic) bond motifs is 2. The Labute approximate surface area is 132 Å². The molecule has 0 aliphatic carbocycles. The number of nitrogens with two attached hydrogens (primary N) is 1. The van der Waals surface area contributed by atoms with Crippen molar-refractivity contribution < 1.29 is 9.59 Å². The molecule has 2 bridgehead atoms. The van der Waals surface area contributed by atoms with Crippen LogP contribution in [0.5, 0.6) is 0 Å². The van der Waals surface area contributed by atoms with E-state index in [2.05, 4.69) is 21.5 Å². The predicted molar refractivity (Wildman–Crippen MR) is 83.8 cm³/mol. The molecule has 22 heavy (non-hydrogen) atoms. The van der Waals surface area contributed by atoms with Gasteiger partial charge in [0.25, 0.3) is 0 Å². The van der Waals surface area contributed by atoms with Crippen LogP contribution in [0.3, 0.4) is 0 Å². The third-order valence-electron chi connectivity index (χ3n) is 5.60. The van der Waals surface area contributed by atoms with E-state index in [1.165, 1.54) is 0 Å². The molecule has 3 fully saturated rings. The van der Waals surface area contributed by atoms with Crippen molar-refractivity contribution in [3.05, 3.63) is 6.42 Å². The summed E-state index contributed by atoms with van der Waals surface area (Å²) in [6.07, 6.45) is 7.10. The molecule has 1 radical (unpaired) electrons. The second kappa shape index (κ2) is 6.16. The highest BCUT2D eigenvalue weighted by molar-refractivity contribution is 5.85. The molecule has 0 aromatic heterocycles. The van der Waals surface area contributed by atoms with Crippen LogP contribution in [0.15, 0.2) is 0 Å². The maximum absolute atomic E-state index is 12.0. The lowest BCUT2D eigenvalue weighted by molar-refractivity contribution is -0.130. The Hall–Kier alpha value is -1.14. The molecule has 6 heteroatoms. The second-order valence-corrected chi connectivity index (χ2v) is 7.00. The molecular weight excluding hydrogens is 280 g/mol. The van der Waals surface area contributed by atoms with E-state index in [1.54, 1.807) is 6.92 Å². The number of rotatable bonds is 5. The molecule has 123 valence electrons. The van der Waals surface area contributed by atoms with Crippen LogP contribution in [0.4, 0.5) is 0 Å². The fraction of sp³-hybridized carbons (Fsp3) is 0.812. The normalized spacial score (nSPS) is 35.7. The van der Waals surface area contributed by atoms with E-state index in [0.717, 1.165) is 58.3 Å². The number of piperidine rings is 1. The highest BCUT2D eigenvalue weighted by Crippen LogP contribution is 2.43. The maximum Gasteiger partial charge on any atom is 0.237 e. The zero-order valence-electron chi connectivity index (χ0n) is 13.4. The Morgan fingerprint density at radius 1 is 1.36 bits per heavy atom. The Morgan fingerprint density at radius 2 is 2.18 bits per heavy atom. The second-order valence-electron chi connectivity index (χ2n) is 7.00. The molecule has 3 rings (SSSR count). The highest BCUT2D eigenvalue weighted by Gasteiger charge is 2.52. The van der Waals surface area contributed by atoms with Crippen molar-refractivity contribution >= 4 is 11.8 Å². The molecule has 0 aromatic carbocycles. The number of amides is 2. The number of primary amides is 1. The summed E-state index contributed by atoms with van der Waals surface area (Å²) in [5.74, 6) is -0.118. The molecular formula is C16H27N4O2. The van der Waals surface area contributed by atoms with Gasteiger partial charge in [0, 0.05) is 45.2 Å². The molecule has 3 aliphatic rings. The number of carbonyl (C=O) groups excluding carboxylic acids is 2. The van der Waals surface area contributed by atoms with Crippen molar-refractivity contribution in [2.75, 3.05) is 26.2 Å². The van der Waals surface area contributed by atoms with Gasteiger partial charge in [0.1, 0.15) is 5.54 Å². The zero-order valence-corrected chi connectivity index (χ0v) is 13.4. The van der Waals surface area contributed by atoms with Crippen molar-refractivity contribution in [1.82, 2.24) is 15.1 Å². The molecule has 6 nitrogen and oxygen atoms in total. The molecule has 0 aromatic rings. The Bertz CT molecular complexity index is 451. The summed E-state index contributed by atoms with van der Waals surface area (Å²) in [5, 5.41) is 2.99. The minimum Gasteiger partial charge on any atom is -0.368 e. The zero-order chi connectivity index (χ0) is 15.7. The van der Waals surface area contributed by atoms with Gasteiger partial charge in [0.2, 0.25) is 11.8 Å². The van der Waals surface area contributed by atoms with Crippen LogP contribution in [-0.4, -0.2) is 65.4 Å². The van der Waals surface area contributed by atoms with Crippen molar-refractivity contribution in [3.8, 4) is 0 Å². The lowest BCUT2D eigenvalue weighted by Crippen LogP contribution is -2.59. The smallest absolute Gasteiger partial charge is 0.237 e. The molecule has 1 unspecified atom stereocenters. The summed E-state index contributed by atoms with van der Waals surface area (Å²) < 4.78 is 0. The number of nitrogens with one attached hydrogen (secondary N) is 1. The van der Waals surface area contributed by atoms with E-state index in [4.69, 9.17) is 5.73 Å². The summed E-state index contributed by atoms with van der Waals surface area (Å²) >= 11 is 0. The van der Waals surface area contributed by atoms with E-state index in [9.17, 15) is 9.59 Å². The van der Waals surface area contributed by atoms with E-state index in [0.29, 0.717) is 6.04 Å². The quantitative estimate of drug-likeness (QED) is 0.742. The maximum atomic E-state index is 12.0. The molecule has 3 aliphatic heterocycles. The number of carbonyl (C=O) groups is 2. The standard InChI is InChI=1S/C16H27N4O2/c1-12(21)18-13-5-8-19(11-13)9-10-20-14-3-2-6-16(20,7-4-14)15(17)22/h2,13-14H,3-11H2,1H3,(H2,17,22)(H,18,21)/t13?,14-,16+/m1/s1. The van der Waals surface area contributed by atoms with Crippen LogP contribution < -0.4 is 11.1 Å². The average Bonchev–Trinajstić information content (AvgIpc) is 2.96. The van der Waals surface area contributed by atoms with Gasteiger partial charge < -0.3 is 11.1 Å². The number of hydrogen-bond donors (Lipinski definition) is 2. The van der Waals surface area contributed by atoms with Crippen molar-refractivity contribution in [2.24, 2.45) is 5.73 Å². The molecule has 3 heterocycles. The monoisotopic (exact) mass is 307 g/mol. The lowest BCUT2D eigenvalue weighted by Gasteiger charge is -2.43. The van der Waals surface area contributed by atoms with Gasteiger partial charge in [0.15, 0.2) is 0 Å².